The molecule has 0 saturated heterocycles. The van der Waals surface area contributed by atoms with Crippen LogP contribution in [0.1, 0.15) is 36.9 Å². The van der Waals surface area contributed by atoms with Gasteiger partial charge in [-0.2, -0.15) is 4.98 Å². The van der Waals surface area contributed by atoms with E-state index in [0.29, 0.717) is 24.2 Å². The molecule has 0 unspecified atom stereocenters. The minimum Gasteiger partial charge on any atom is -0.377 e. The van der Waals surface area contributed by atoms with E-state index in [2.05, 4.69) is 44.8 Å². The van der Waals surface area contributed by atoms with E-state index in [1.807, 2.05) is 6.20 Å². The lowest BCUT2D eigenvalue weighted by molar-refractivity contribution is 0.163. The normalized spacial score (nSPS) is 19.4. The molecule has 120 valence electrons. The van der Waals surface area contributed by atoms with Crippen LogP contribution < -0.4 is 0 Å². The smallest absolute Gasteiger partial charge is 0.243 e. The van der Waals surface area contributed by atoms with Crippen LogP contribution in [0.2, 0.25) is 0 Å². The zero-order valence-electron chi connectivity index (χ0n) is 13.4. The van der Waals surface area contributed by atoms with Gasteiger partial charge in [0.25, 0.3) is 0 Å². The standard InChI is InChI=1S/C15H23N5O2/c1-11(15-17-13(10-21-3)18-22-15)19(2)8-12-4-5-14-16-6-7-20(14)9-12/h6-7,11-12H,4-5,8-10H2,1-3H3/t11-,12-/m0/s1. The van der Waals surface area contributed by atoms with Gasteiger partial charge in [0.05, 0.1) is 6.04 Å². The maximum atomic E-state index is 5.34. The highest BCUT2D eigenvalue weighted by atomic mass is 16.5. The molecule has 7 nitrogen and oxygen atoms in total. The third kappa shape index (κ3) is 3.20. The molecule has 3 rings (SSSR count). The number of aryl methyl sites for hydroxylation is 1. The zero-order chi connectivity index (χ0) is 15.5. The predicted octanol–water partition coefficient (Wildman–Crippen LogP) is 1.67. The predicted molar refractivity (Wildman–Crippen MR) is 80.1 cm³/mol. The molecule has 1 aliphatic heterocycles. The molecule has 3 heterocycles. The number of nitrogens with zero attached hydrogens (tertiary/aromatic N) is 5. The maximum absolute atomic E-state index is 5.34. The van der Waals surface area contributed by atoms with Gasteiger partial charge in [-0.25, -0.2) is 4.98 Å². The van der Waals surface area contributed by atoms with Crippen LogP contribution in [-0.2, 0) is 24.3 Å². The Labute approximate surface area is 130 Å². The number of methoxy groups -OCH3 is 1. The van der Waals surface area contributed by atoms with Crippen molar-refractivity contribution < 1.29 is 9.26 Å². The second-order valence-corrected chi connectivity index (χ2v) is 6.00. The van der Waals surface area contributed by atoms with Crippen LogP contribution in [0.25, 0.3) is 0 Å². The monoisotopic (exact) mass is 305 g/mol. The van der Waals surface area contributed by atoms with Crippen LogP contribution in [0.3, 0.4) is 0 Å². The molecule has 2 aromatic rings. The zero-order valence-corrected chi connectivity index (χ0v) is 13.4. The summed E-state index contributed by atoms with van der Waals surface area (Å²) in [5.41, 5.74) is 0. The van der Waals surface area contributed by atoms with Crippen molar-refractivity contribution in [2.45, 2.75) is 39.0 Å². The molecular formula is C15H23N5O2. The summed E-state index contributed by atoms with van der Waals surface area (Å²) in [5.74, 6) is 3.07. The molecule has 22 heavy (non-hydrogen) atoms. The summed E-state index contributed by atoms with van der Waals surface area (Å²) in [6.45, 7) is 4.51. The first-order chi connectivity index (χ1) is 10.7. The topological polar surface area (TPSA) is 69.2 Å². The lowest BCUT2D eigenvalue weighted by atomic mass is 9.98. The van der Waals surface area contributed by atoms with Crippen molar-refractivity contribution in [3.8, 4) is 0 Å². The molecule has 1 aliphatic rings. The van der Waals surface area contributed by atoms with Crippen molar-refractivity contribution in [2.75, 3.05) is 20.7 Å². The van der Waals surface area contributed by atoms with Crippen LogP contribution in [0.15, 0.2) is 16.9 Å². The molecule has 7 heteroatoms. The maximum Gasteiger partial charge on any atom is 0.243 e. The second-order valence-electron chi connectivity index (χ2n) is 6.00. The van der Waals surface area contributed by atoms with Gasteiger partial charge in [-0.05, 0) is 26.3 Å². The Morgan fingerprint density at radius 2 is 2.41 bits per heavy atom. The van der Waals surface area contributed by atoms with Gasteiger partial charge in [0.2, 0.25) is 5.89 Å². The van der Waals surface area contributed by atoms with E-state index in [9.17, 15) is 0 Å². The van der Waals surface area contributed by atoms with Gasteiger partial charge >= 0.3 is 0 Å². The van der Waals surface area contributed by atoms with Crippen molar-refractivity contribution in [1.29, 1.82) is 0 Å². The van der Waals surface area contributed by atoms with E-state index in [1.165, 1.54) is 12.2 Å². The highest BCUT2D eigenvalue weighted by Crippen LogP contribution is 2.23. The van der Waals surface area contributed by atoms with E-state index >= 15 is 0 Å². The van der Waals surface area contributed by atoms with E-state index in [4.69, 9.17) is 9.26 Å². The van der Waals surface area contributed by atoms with Gasteiger partial charge in [-0.3, -0.25) is 4.90 Å². The number of ether oxygens (including phenoxy) is 1. The van der Waals surface area contributed by atoms with Gasteiger partial charge in [0.1, 0.15) is 12.4 Å². The fraction of sp³-hybridized carbons (Fsp3) is 0.667. The van der Waals surface area contributed by atoms with Gasteiger partial charge in [-0.1, -0.05) is 5.16 Å². The number of aromatic nitrogens is 4. The number of fused-ring (bicyclic) bond motifs is 1. The van der Waals surface area contributed by atoms with E-state index in [0.717, 1.165) is 19.5 Å². The first-order valence-corrected chi connectivity index (χ1v) is 7.69. The average Bonchev–Trinajstić information content (AvgIpc) is 3.15. The number of imidazole rings is 1. The van der Waals surface area contributed by atoms with E-state index < -0.39 is 0 Å². The molecule has 0 bridgehead atoms. The third-order valence-electron chi connectivity index (χ3n) is 4.35. The van der Waals surface area contributed by atoms with Crippen LogP contribution in [-0.4, -0.2) is 45.3 Å². The molecule has 0 N–H and O–H groups in total. The van der Waals surface area contributed by atoms with Crippen LogP contribution in [0, 0.1) is 5.92 Å². The van der Waals surface area contributed by atoms with Gasteiger partial charge in [0.15, 0.2) is 5.82 Å². The molecule has 0 radical (unpaired) electrons. The summed E-state index contributed by atoms with van der Waals surface area (Å²) in [5, 5.41) is 3.93. The summed E-state index contributed by atoms with van der Waals surface area (Å²) in [6.07, 6.45) is 6.19. The third-order valence-corrected chi connectivity index (χ3v) is 4.35. The SMILES string of the molecule is COCc1noc([C@H](C)N(C)C[C@@H]2CCc3nccn3C2)n1. The molecule has 0 aliphatic carbocycles. The fourth-order valence-electron chi connectivity index (χ4n) is 2.96. The van der Waals surface area contributed by atoms with Crippen LogP contribution in [0.5, 0.6) is 0 Å². The molecule has 0 saturated carbocycles. The summed E-state index contributed by atoms with van der Waals surface area (Å²) in [7, 11) is 3.73. The second kappa shape index (κ2) is 6.58. The summed E-state index contributed by atoms with van der Waals surface area (Å²) in [4.78, 5) is 11.0. The quantitative estimate of drug-likeness (QED) is 0.808. The number of hydrogen-bond acceptors (Lipinski definition) is 6. The van der Waals surface area contributed by atoms with Crippen LogP contribution >= 0.6 is 0 Å². The van der Waals surface area contributed by atoms with Crippen LogP contribution in [0.4, 0.5) is 0 Å². The largest absolute Gasteiger partial charge is 0.377 e. The van der Waals surface area contributed by atoms with E-state index in [-0.39, 0.29) is 6.04 Å². The van der Waals surface area contributed by atoms with Gasteiger partial charge in [0, 0.05) is 39.0 Å². The van der Waals surface area contributed by atoms with Crippen molar-refractivity contribution >= 4 is 0 Å². The fourth-order valence-corrected chi connectivity index (χ4v) is 2.96. The molecule has 0 spiro atoms. The summed E-state index contributed by atoms with van der Waals surface area (Å²) in [6, 6.07) is 0.0993. The Morgan fingerprint density at radius 3 is 3.23 bits per heavy atom. The van der Waals surface area contributed by atoms with Crippen molar-refractivity contribution in [1.82, 2.24) is 24.6 Å². The summed E-state index contributed by atoms with van der Waals surface area (Å²) < 4.78 is 12.6. The molecular weight excluding hydrogens is 282 g/mol. The Kier molecular flexibility index (Phi) is 4.54. The van der Waals surface area contributed by atoms with Gasteiger partial charge in [-0.15, -0.1) is 0 Å². The van der Waals surface area contributed by atoms with Crippen molar-refractivity contribution in [2.24, 2.45) is 5.92 Å². The Morgan fingerprint density at radius 1 is 1.55 bits per heavy atom. The first kappa shape index (κ1) is 15.2. The first-order valence-electron chi connectivity index (χ1n) is 7.69. The van der Waals surface area contributed by atoms with Crippen molar-refractivity contribution in [3.05, 3.63) is 29.9 Å². The molecule has 0 amide bonds. The molecule has 2 atom stereocenters. The highest BCUT2D eigenvalue weighted by Gasteiger charge is 2.24. The molecule has 2 aromatic heterocycles. The minimum absolute atomic E-state index is 0.0993. The Balaban J connectivity index is 1.58. The Hall–Kier alpha value is -1.73. The lowest BCUT2D eigenvalue weighted by Gasteiger charge is -2.30. The minimum atomic E-state index is 0.0993. The lowest BCUT2D eigenvalue weighted by Crippen LogP contribution is -2.33. The highest BCUT2D eigenvalue weighted by molar-refractivity contribution is 4.97. The van der Waals surface area contributed by atoms with Gasteiger partial charge < -0.3 is 13.8 Å². The average molecular weight is 305 g/mol. The number of hydrogen-bond donors (Lipinski definition) is 0. The summed E-state index contributed by atoms with van der Waals surface area (Å²) >= 11 is 0. The van der Waals surface area contributed by atoms with Crippen molar-refractivity contribution in [3.63, 3.8) is 0 Å². The molecule has 0 fully saturated rings. The Bertz CT molecular complexity index is 609. The molecule has 0 aromatic carbocycles. The van der Waals surface area contributed by atoms with E-state index in [1.54, 1.807) is 7.11 Å². The number of rotatable bonds is 6.